The predicted octanol–water partition coefficient (Wildman–Crippen LogP) is 3.66. The van der Waals surface area contributed by atoms with Gasteiger partial charge in [-0.1, -0.05) is 44.2 Å². The lowest BCUT2D eigenvalue weighted by Gasteiger charge is -2.34. The fraction of sp³-hybridized carbons (Fsp3) is 0.292. The maximum Gasteiger partial charge on any atom is 0.291 e. The van der Waals surface area contributed by atoms with Gasteiger partial charge in [-0.25, -0.2) is 0 Å². The van der Waals surface area contributed by atoms with Crippen LogP contribution in [0.4, 0.5) is 5.69 Å². The van der Waals surface area contributed by atoms with Crippen LogP contribution < -0.4 is 10.3 Å². The second kappa shape index (κ2) is 6.55. The van der Waals surface area contributed by atoms with E-state index in [0.29, 0.717) is 36.0 Å². The highest BCUT2D eigenvalue weighted by Crippen LogP contribution is 2.52. The van der Waals surface area contributed by atoms with Crippen molar-refractivity contribution in [2.45, 2.75) is 32.2 Å². The summed E-state index contributed by atoms with van der Waals surface area (Å²) in [5.74, 6) is -0.682. The van der Waals surface area contributed by atoms with E-state index >= 15 is 0 Å². The Morgan fingerprint density at radius 3 is 2.37 bits per heavy atom. The van der Waals surface area contributed by atoms with Crippen LogP contribution in [0.25, 0.3) is 11.0 Å². The van der Waals surface area contributed by atoms with Crippen LogP contribution in [0.2, 0.25) is 0 Å². The Morgan fingerprint density at radius 1 is 0.900 bits per heavy atom. The third kappa shape index (κ3) is 2.11. The quantitative estimate of drug-likeness (QED) is 0.668. The van der Waals surface area contributed by atoms with Crippen LogP contribution in [0.5, 0.6) is 0 Å². The van der Waals surface area contributed by atoms with Crippen molar-refractivity contribution in [1.29, 1.82) is 0 Å². The maximum atomic E-state index is 14.0. The Bertz CT molecular complexity index is 1260. The first-order valence-electron chi connectivity index (χ1n) is 10.4. The average Bonchev–Trinajstić information content (AvgIpc) is 3.15. The van der Waals surface area contributed by atoms with E-state index in [-0.39, 0.29) is 22.7 Å². The predicted molar refractivity (Wildman–Crippen MR) is 114 cm³/mol. The molecule has 6 nitrogen and oxygen atoms in total. The molecule has 1 atom stereocenters. The number of anilines is 1. The molecule has 2 aromatic carbocycles. The molecule has 152 valence electrons. The number of carbonyl (C=O) groups is 2. The van der Waals surface area contributed by atoms with Crippen molar-refractivity contribution in [1.82, 2.24) is 4.90 Å². The highest BCUT2D eigenvalue weighted by molar-refractivity contribution is 6.17. The molecule has 2 aliphatic heterocycles. The molecule has 0 saturated heterocycles. The van der Waals surface area contributed by atoms with Crippen molar-refractivity contribution in [3.8, 4) is 0 Å². The van der Waals surface area contributed by atoms with E-state index in [1.165, 1.54) is 4.90 Å². The molecular formula is C24H22N2O4. The van der Waals surface area contributed by atoms with Crippen molar-refractivity contribution in [3.63, 3.8) is 0 Å². The molecule has 2 aliphatic rings. The lowest BCUT2D eigenvalue weighted by Crippen LogP contribution is -2.53. The molecule has 0 unspecified atom stereocenters. The number of nitrogens with zero attached hydrogens (tertiary/aromatic N) is 2. The van der Waals surface area contributed by atoms with Crippen LogP contribution in [0.15, 0.2) is 57.7 Å². The Morgan fingerprint density at radius 2 is 1.60 bits per heavy atom. The van der Waals surface area contributed by atoms with E-state index in [0.717, 1.165) is 12.1 Å². The number of hydrogen-bond donors (Lipinski definition) is 0. The third-order valence-electron chi connectivity index (χ3n) is 6.04. The molecule has 1 spiro atoms. The van der Waals surface area contributed by atoms with Gasteiger partial charge in [-0.05, 0) is 31.0 Å². The number of rotatable bonds is 4. The van der Waals surface area contributed by atoms with Gasteiger partial charge in [0.25, 0.3) is 11.8 Å². The van der Waals surface area contributed by atoms with Gasteiger partial charge in [0.05, 0.1) is 16.6 Å². The number of carbonyl (C=O) groups excluding carboxylic acids is 2. The first-order valence-corrected chi connectivity index (χ1v) is 10.4. The van der Waals surface area contributed by atoms with Crippen molar-refractivity contribution < 1.29 is 14.0 Å². The standard InChI is InChI=1S/C24H22N2O4/c1-3-13-25-17-11-7-6-10-16(17)24(23(25)29)19-20(27)15-9-5-8-12-18(15)30-21(19)22(28)26(24)14-4-2/h5-12H,3-4,13-14H2,1-2H3/t24-/m1/s1. The molecule has 30 heavy (non-hydrogen) atoms. The van der Waals surface area contributed by atoms with E-state index in [9.17, 15) is 14.4 Å². The molecule has 6 heteroatoms. The van der Waals surface area contributed by atoms with Gasteiger partial charge < -0.3 is 14.2 Å². The monoisotopic (exact) mass is 402 g/mol. The summed E-state index contributed by atoms with van der Waals surface area (Å²) in [5, 5.41) is 0.376. The van der Waals surface area contributed by atoms with Gasteiger partial charge >= 0.3 is 0 Å². The molecule has 0 saturated carbocycles. The van der Waals surface area contributed by atoms with Gasteiger partial charge in [0, 0.05) is 18.7 Å². The van der Waals surface area contributed by atoms with Crippen LogP contribution in [0.3, 0.4) is 0 Å². The zero-order valence-electron chi connectivity index (χ0n) is 17.0. The Kier molecular flexibility index (Phi) is 4.07. The number of hydrogen-bond acceptors (Lipinski definition) is 4. The largest absolute Gasteiger partial charge is 0.450 e. The molecule has 1 aromatic heterocycles. The fourth-order valence-corrected chi connectivity index (χ4v) is 4.91. The summed E-state index contributed by atoms with van der Waals surface area (Å²) in [6.07, 6.45) is 1.41. The molecule has 0 N–H and O–H groups in total. The highest BCUT2D eigenvalue weighted by Gasteiger charge is 2.64. The first-order chi connectivity index (χ1) is 14.6. The summed E-state index contributed by atoms with van der Waals surface area (Å²) < 4.78 is 5.96. The van der Waals surface area contributed by atoms with E-state index in [1.54, 1.807) is 29.2 Å². The fourth-order valence-electron chi connectivity index (χ4n) is 4.91. The lowest BCUT2D eigenvalue weighted by atomic mass is 9.84. The third-order valence-corrected chi connectivity index (χ3v) is 6.04. The second-order valence-corrected chi connectivity index (χ2v) is 7.77. The smallest absolute Gasteiger partial charge is 0.291 e. The Labute approximate surface area is 173 Å². The summed E-state index contributed by atoms with van der Waals surface area (Å²) in [4.78, 5) is 44.4. The number of fused-ring (bicyclic) bond motifs is 5. The molecule has 2 amide bonds. The molecule has 3 heterocycles. The molecule has 0 radical (unpaired) electrons. The number of amides is 2. The highest BCUT2D eigenvalue weighted by atomic mass is 16.3. The summed E-state index contributed by atoms with van der Waals surface area (Å²) in [7, 11) is 0. The number of para-hydroxylation sites is 2. The maximum absolute atomic E-state index is 14.0. The minimum Gasteiger partial charge on any atom is -0.450 e. The average molecular weight is 402 g/mol. The first kappa shape index (κ1) is 18.6. The van der Waals surface area contributed by atoms with Crippen LogP contribution in [0, 0.1) is 0 Å². The minimum atomic E-state index is -1.47. The summed E-state index contributed by atoms with van der Waals surface area (Å²) in [6, 6.07) is 14.3. The summed E-state index contributed by atoms with van der Waals surface area (Å²) in [5.41, 5.74) is 0.132. The van der Waals surface area contributed by atoms with E-state index in [1.807, 2.05) is 38.1 Å². The zero-order chi connectivity index (χ0) is 21.0. The molecule has 5 rings (SSSR count). The SMILES string of the molecule is CCCN1C(=O)[C@@]2(c3ccccc31)c1c(oc3ccccc3c1=O)C(=O)N2CCC. The lowest BCUT2D eigenvalue weighted by molar-refractivity contribution is -0.126. The molecule has 0 aliphatic carbocycles. The van der Waals surface area contributed by atoms with Crippen LogP contribution in [-0.2, 0) is 10.3 Å². The van der Waals surface area contributed by atoms with Crippen molar-refractivity contribution in [2.24, 2.45) is 0 Å². The second-order valence-electron chi connectivity index (χ2n) is 7.77. The summed E-state index contributed by atoms with van der Waals surface area (Å²) in [6.45, 7) is 4.81. The van der Waals surface area contributed by atoms with Crippen LogP contribution in [0.1, 0.15) is 48.4 Å². The topological polar surface area (TPSA) is 70.8 Å². The van der Waals surface area contributed by atoms with E-state index in [4.69, 9.17) is 4.42 Å². The minimum absolute atomic E-state index is 0.0198. The molecular weight excluding hydrogens is 380 g/mol. The van der Waals surface area contributed by atoms with Gasteiger partial charge in [-0.3, -0.25) is 14.4 Å². The van der Waals surface area contributed by atoms with E-state index in [2.05, 4.69) is 0 Å². The molecule has 0 bridgehead atoms. The van der Waals surface area contributed by atoms with Gasteiger partial charge in [-0.15, -0.1) is 0 Å². The van der Waals surface area contributed by atoms with Crippen molar-refractivity contribution in [2.75, 3.05) is 18.0 Å². The number of benzene rings is 2. The van der Waals surface area contributed by atoms with Gasteiger partial charge in [0.15, 0.2) is 11.0 Å². The van der Waals surface area contributed by atoms with Crippen molar-refractivity contribution in [3.05, 3.63) is 75.6 Å². The molecule has 3 aromatic rings. The van der Waals surface area contributed by atoms with E-state index < -0.39 is 11.4 Å². The zero-order valence-corrected chi connectivity index (χ0v) is 17.0. The van der Waals surface area contributed by atoms with Gasteiger partial charge in [0.1, 0.15) is 5.58 Å². The van der Waals surface area contributed by atoms with Gasteiger partial charge in [-0.2, -0.15) is 0 Å². The van der Waals surface area contributed by atoms with Crippen LogP contribution in [-0.4, -0.2) is 29.8 Å². The normalized spacial score (nSPS) is 19.8. The van der Waals surface area contributed by atoms with Crippen molar-refractivity contribution >= 4 is 28.5 Å². The Balaban J connectivity index is 1.93. The summed E-state index contributed by atoms with van der Waals surface area (Å²) >= 11 is 0. The molecule has 0 fully saturated rings. The van der Waals surface area contributed by atoms with Gasteiger partial charge in [0.2, 0.25) is 5.76 Å². The Hall–Kier alpha value is -3.41. The van der Waals surface area contributed by atoms with Crippen LogP contribution >= 0.6 is 0 Å².